The molecule has 2 aliphatic heterocycles. The van der Waals surface area contributed by atoms with Gasteiger partial charge in [-0.15, -0.1) is 0 Å². The van der Waals surface area contributed by atoms with Gasteiger partial charge in [-0.3, -0.25) is 28.8 Å². The molecule has 0 aliphatic carbocycles. The van der Waals surface area contributed by atoms with Gasteiger partial charge in [0.1, 0.15) is 24.1 Å². The second kappa shape index (κ2) is 46.7. The minimum atomic E-state index is -1.80. The van der Waals surface area contributed by atoms with Gasteiger partial charge in [0.15, 0.2) is 36.0 Å². The van der Waals surface area contributed by atoms with E-state index in [1.165, 1.54) is 6.08 Å². The monoisotopic (exact) mass is 1320 g/mol. The van der Waals surface area contributed by atoms with E-state index < -0.39 is 145 Å². The van der Waals surface area contributed by atoms with Crippen molar-refractivity contribution in [2.24, 2.45) is 38.8 Å². The van der Waals surface area contributed by atoms with Crippen molar-refractivity contribution < 1.29 is 112 Å². The Hall–Kier alpha value is -7.27. The molecule has 0 aromatic carbocycles. The summed E-state index contributed by atoms with van der Waals surface area (Å²) in [7, 11) is 0. The highest BCUT2D eigenvalue weighted by atomic mass is 16.6. The van der Waals surface area contributed by atoms with Gasteiger partial charge in [-0.1, -0.05) is 52.4 Å². The molecule has 0 radical (unpaired) electrons. The average Bonchev–Trinajstić information content (AvgIpc) is 0.819. The van der Waals surface area contributed by atoms with Crippen LogP contribution in [0.15, 0.2) is 33.7 Å². The first-order valence-corrected chi connectivity index (χ1v) is 31.2. The highest BCUT2D eigenvalue weighted by Gasteiger charge is 2.47. The Labute approximate surface area is 535 Å². The van der Waals surface area contributed by atoms with E-state index in [2.05, 4.69) is 31.3 Å². The van der Waals surface area contributed by atoms with E-state index in [1.54, 1.807) is 6.92 Å². The fourth-order valence-electron chi connectivity index (χ4n) is 9.62. The number of carboxylic acid groups (broad SMARTS) is 2. The van der Waals surface area contributed by atoms with Gasteiger partial charge in [0.05, 0.1) is 83.6 Å². The van der Waals surface area contributed by atoms with Gasteiger partial charge in [0.25, 0.3) is 0 Å². The number of unbranched alkanes of at least 4 members (excludes halogenated alkanes) is 8. The second-order valence-corrected chi connectivity index (χ2v) is 22.0. The Morgan fingerprint density at radius 1 is 0.576 bits per heavy atom. The number of ketones is 2. The summed E-state index contributed by atoms with van der Waals surface area (Å²) in [6, 6.07) is -4.41. The molecule has 2 rings (SSSR count). The van der Waals surface area contributed by atoms with E-state index >= 15 is 0 Å². The van der Waals surface area contributed by atoms with Crippen molar-refractivity contribution in [2.75, 3.05) is 79.2 Å². The molecule has 0 aromatic heterocycles. The van der Waals surface area contributed by atoms with Gasteiger partial charge < -0.3 is 113 Å². The number of rotatable bonds is 51. The molecule has 33 heteroatoms. The number of aliphatic hydroxyl groups is 4. The van der Waals surface area contributed by atoms with Crippen molar-refractivity contribution in [3.8, 4) is 0 Å². The van der Waals surface area contributed by atoms with Crippen molar-refractivity contribution in [2.45, 2.75) is 197 Å². The molecule has 33 nitrogen and oxygen atoms in total. The third kappa shape index (κ3) is 33.9. The van der Waals surface area contributed by atoms with Crippen LogP contribution in [0.25, 0.3) is 0 Å². The van der Waals surface area contributed by atoms with Crippen LogP contribution in [-0.2, 0) is 76.3 Å². The predicted molar refractivity (Wildman–Crippen MR) is 328 cm³/mol. The maximum absolute atomic E-state index is 13.5. The average molecular weight is 1320 g/mol. The van der Waals surface area contributed by atoms with Crippen LogP contribution in [-0.4, -0.2) is 236 Å². The lowest BCUT2D eigenvalue weighted by molar-refractivity contribution is -0.176. The van der Waals surface area contributed by atoms with Crippen LogP contribution in [0.5, 0.6) is 0 Å². The fraction of sp³-hybridized carbons (Fsp3) is 0.746. The first-order valence-electron chi connectivity index (χ1n) is 31.2. The quantitative estimate of drug-likeness (QED) is 0.0146. The highest BCUT2D eigenvalue weighted by molar-refractivity contribution is 5.92. The maximum Gasteiger partial charge on any atom is 0.407 e. The van der Waals surface area contributed by atoms with Crippen LogP contribution in [0.1, 0.15) is 136 Å². The number of carboxylic acids is 2. The molecule has 524 valence electrons. The Morgan fingerprint density at radius 2 is 1.07 bits per heavy atom. The smallest absolute Gasteiger partial charge is 0.407 e. The molecule has 0 fully saturated rings. The molecule has 2 heterocycles. The first kappa shape index (κ1) is 80.8. The molecule has 0 spiro atoms. The molecule has 0 aromatic rings. The second-order valence-electron chi connectivity index (χ2n) is 22.0. The summed E-state index contributed by atoms with van der Waals surface area (Å²) in [4.78, 5) is 122. The number of carbonyl (C=O) groups excluding carboxylic acids is 7. The molecule has 92 heavy (non-hydrogen) atoms. The number of guanidine groups is 2. The van der Waals surface area contributed by atoms with Gasteiger partial charge in [0, 0.05) is 71.1 Å². The van der Waals surface area contributed by atoms with Gasteiger partial charge in [-0.2, -0.15) is 0 Å². The van der Waals surface area contributed by atoms with Crippen LogP contribution in [0, 0.1) is 5.92 Å². The molecule has 11 atom stereocenters. The van der Waals surface area contributed by atoms with Crippen LogP contribution in [0.2, 0.25) is 0 Å². The van der Waals surface area contributed by atoms with Gasteiger partial charge >= 0.3 is 24.0 Å². The zero-order valence-electron chi connectivity index (χ0n) is 53.0. The maximum atomic E-state index is 13.5. The van der Waals surface area contributed by atoms with Crippen molar-refractivity contribution in [1.29, 1.82) is 0 Å². The van der Waals surface area contributed by atoms with E-state index in [0.717, 1.165) is 19.4 Å². The number of aliphatic hydroxyl groups excluding tert-OH is 4. The number of nitrogens with zero attached hydrogens (tertiary/aromatic N) is 2. The summed E-state index contributed by atoms with van der Waals surface area (Å²) in [6.07, 6.45) is -1.79. The van der Waals surface area contributed by atoms with E-state index in [9.17, 15) is 73.8 Å². The molecule has 0 saturated carbocycles. The third-order valence-corrected chi connectivity index (χ3v) is 14.4. The Kier molecular flexibility index (Phi) is 41.1. The number of amides is 4. The zero-order valence-corrected chi connectivity index (χ0v) is 53.0. The molecule has 18 N–H and O–H groups in total. The molecule has 0 bridgehead atoms. The van der Waals surface area contributed by atoms with Gasteiger partial charge in [-0.05, 0) is 50.7 Å². The summed E-state index contributed by atoms with van der Waals surface area (Å²) in [5.41, 5.74) is 22.1. The molecule has 4 amide bonds. The van der Waals surface area contributed by atoms with E-state index in [4.69, 9.17) is 60.8 Å². The van der Waals surface area contributed by atoms with Crippen LogP contribution < -0.4 is 44.2 Å². The number of nitrogens with two attached hydrogens (primary N) is 4. The lowest BCUT2D eigenvalue weighted by Gasteiger charge is -2.39. The molecular formula is C59H100N10O23. The van der Waals surface area contributed by atoms with Crippen LogP contribution >= 0.6 is 0 Å². The molecular weight excluding hydrogens is 1220 g/mol. The van der Waals surface area contributed by atoms with Crippen molar-refractivity contribution in [3.05, 3.63) is 23.7 Å². The van der Waals surface area contributed by atoms with E-state index in [1.807, 2.05) is 6.92 Å². The number of esters is 1. The van der Waals surface area contributed by atoms with Gasteiger partial charge in [0.2, 0.25) is 29.2 Å². The normalized spacial score (nSPS) is 19.3. The Bertz CT molecular complexity index is 2410. The Morgan fingerprint density at radius 3 is 1.61 bits per heavy atom. The lowest BCUT2D eigenvalue weighted by atomic mass is 9.87. The number of aliphatic carboxylic acids is 2. The number of nitrogens with one attached hydrogen (secondary N) is 4. The van der Waals surface area contributed by atoms with Crippen molar-refractivity contribution in [1.82, 2.24) is 21.3 Å². The zero-order chi connectivity index (χ0) is 68.4. The largest absolute Gasteiger partial charge is 0.479 e. The van der Waals surface area contributed by atoms with E-state index in [0.29, 0.717) is 104 Å². The number of hydrogen-bond acceptors (Lipinski definition) is 23. The summed E-state index contributed by atoms with van der Waals surface area (Å²) >= 11 is 0. The number of hydrogen-bond donors (Lipinski definition) is 14. The molecule has 0 unspecified atom stereocenters. The standard InChI is InChI=1S/C59H100N10O23/c1-4-24-85-26-28-87-30-31-88-29-27-86-25-21-48(78)67-39(42(74)19-20-47(77)64-22-13-9-6-8-12-16-49(79)91-52(43(75)34-70)51-36(2)40(68-57(60)61)32-45(89-51)55(80)81)18-17-38(73)15-11-7-5-10-14-23-65-59(84)92-53(44(76)35-71)54-50(66-37(3)72)41(69-58(62)63)33-46(90-54)56(82)83/h32-33,36,39-41,43-44,50-54,70-71,75-76H,4-31,34-35H2,1-3H3,(H,64,77)(H,65,84)(H,66,72)(H,67,78)(H,80,81)(H,82,83)(H4,60,61,68)(H4,62,63,69)/t36-,39-,40+,41+,43-,44-,50-,51-,52-,53-,54-/m1/s1. The van der Waals surface area contributed by atoms with Crippen molar-refractivity contribution in [3.63, 3.8) is 0 Å². The summed E-state index contributed by atoms with van der Waals surface area (Å²) in [5.74, 6) is -8.40. The highest BCUT2D eigenvalue weighted by Crippen LogP contribution is 2.31. The number of carbonyl (C=O) groups is 9. The van der Waals surface area contributed by atoms with Crippen LogP contribution in [0.3, 0.4) is 0 Å². The number of Topliss-reactive ketones (excluding diaryl/α,β-unsaturated/α-hetero) is 2. The third-order valence-electron chi connectivity index (χ3n) is 14.4. The summed E-state index contributed by atoms with van der Waals surface area (Å²) in [6.45, 7) is 6.29. The van der Waals surface area contributed by atoms with Crippen molar-refractivity contribution >= 4 is 65.2 Å². The fourth-order valence-corrected chi connectivity index (χ4v) is 9.62. The van der Waals surface area contributed by atoms with Gasteiger partial charge in [-0.25, -0.2) is 24.4 Å². The van der Waals surface area contributed by atoms with Crippen LogP contribution in [0.4, 0.5) is 4.79 Å². The minimum Gasteiger partial charge on any atom is -0.479 e. The SMILES string of the molecule is CCCOCCOCCOCCOCCC(=O)N[C@H](CCC(=O)CCCCCCCNC(=O)O[C@@H]([C@@H]1OC(C(=O)O)=C[C@H](N=C(N)N)[C@H]1NC(C)=O)[C@H](O)CO)C(=O)CCC(=O)NCCCCCCCC(=O)O[C@@H]([C@@H]1OC(C(=O)O)=C[C@H](N=C(N)N)[C@H]1C)[C@H](O)CO. The summed E-state index contributed by atoms with van der Waals surface area (Å²) in [5, 5.41) is 70.5. The number of ether oxygens (including phenoxy) is 8. The number of alkyl carbamates (subject to hydrolysis) is 1. The minimum absolute atomic E-state index is 0.00290. The lowest BCUT2D eigenvalue weighted by Crippen LogP contribution is -2.61. The predicted octanol–water partition coefficient (Wildman–Crippen LogP) is -1.29. The molecule has 2 aliphatic rings. The molecule has 0 saturated heterocycles. The summed E-state index contributed by atoms with van der Waals surface area (Å²) < 4.78 is 43.9. The first-order chi connectivity index (χ1) is 43.9. The topological polar surface area (TPSA) is 526 Å². The number of aliphatic imine (C=N–C) groups is 2. The van der Waals surface area contributed by atoms with E-state index in [-0.39, 0.29) is 83.1 Å². The Balaban J connectivity index is 1.85.